The number of aromatic nitrogens is 1. The number of hydrogen-bond donors (Lipinski definition) is 2. The van der Waals surface area contributed by atoms with E-state index in [1.54, 1.807) is 7.11 Å². The van der Waals surface area contributed by atoms with E-state index >= 15 is 0 Å². The lowest BCUT2D eigenvalue weighted by molar-refractivity contribution is 0.197. The lowest BCUT2D eigenvalue weighted by atomic mass is 10.2. The molecule has 0 aliphatic carbocycles. The molecule has 0 atom stereocenters. The predicted octanol–water partition coefficient (Wildman–Crippen LogP) is 1.30. The van der Waals surface area contributed by atoms with Crippen LogP contribution in [-0.4, -0.2) is 25.2 Å². The molecule has 0 bridgehead atoms. The number of aryl methyl sites for hydroxylation is 1. The summed E-state index contributed by atoms with van der Waals surface area (Å²) in [6, 6.07) is 3.99. The summed E-state index contributed by atoms with van der Waals surface area (Å²) in [7, 11) is 1.70. The molecule has 1 aromatic rings. The van der Waals surface area contributed by atoms with Gasteiger partial charge < -0.3 is 15.8 Å². The molecular formula is C11H19N3O. The Morgan fingerprint density at radius 2 is 2.27 bits per heavy atom. The van der Waals surface area contributed by atoms with Crippen LogP contribution in [-0.2, 0) is 11.3 Å². The van der Waals surface area contributed by atoms with Crippen LogP contribution in [0.5, 0.6) is 0 Å². The number of hydrogen-bond acceptors (Lipinski definition) is 4. The lowest BCUT2D eigenvalue weighted by Crippen LogP contribution is -2.10. The highest BCUT2D eigenvalue weighted by Crippen LogP contribution is 2.12. The first-order valence-corrected chi connectivity index (χ1v) is 5.17. The van der Waals surface area contributed by atoms with E-state index in [1.807, 2.05) is 19.1 Å². The summed E-state index contributed by atoms with van der Waals surface area (Å²) < 4.78 is 4.97. The molecule has 0 radical (unpaired) electrons. The zero-order chi connectivity index (χ0) is 11.1. The van der Waals surface area contributed by atoms with Crippen molar-refractivity contribution in [2.75, 3.05) is 25.6 Å². The van der Waals surface area contributed by atoms with Crippen LogP contribution in [0.1, 0.15) is 17.7 Å². The quantitative estimate of drug-likeness (QED) is 0.693. The van der Waals surface area contributed by atoms with Crippen molar-refractivity contribution in [2.24, 2.45) is 5.73 Å². The van der Waals surface area contributed by atoms with Crippen LogP contribution in [0.25, 0.3) is 0 Å². The zero-order valence-corrected chi connectivity index (χ0v) is 9.42. The van der Waals surface area contributed by atoms with Crippen molar-refractivity contribution in [3.63, 3.8) is 0 Å². The number of rotatable bonds is 6. The van der Waals surface area contributed by atoms with Gasteiger partial charge in [0.2, 0.25) is 0 Å². The van der Waals surface area contributed by atoms with E-state index in [1.165, 1.54) is 0 Å². The fourth-order valence-corrected chi connectivity index (χ4v) is 1.33. The van der Waals surface area contributed by atoms with Gasteiger partial charge in [-0.25, -0.2) is 4.98 Å². The standard InChI is InChI=1S/C11H19N3O/c1-9-4-5-10(8-12)11(14-9)13-6-3-7-15-2/h4-5H,3,6-8,12H2,1-2H3,(H,13,14). The highest BCUT2D eigenvalue weighted by atomic mass is 16.5. The van der Waals surface area contributed by atoms with Crippen molar-refractivity contribution in [1.82, 2.24) is 4.98 Å². The maximum atomic E-state index is 5.63. The SMILES string of the molecule is COCCCNc1nc(C)ccc1CN. The molecule has 0 saturated heterocycles. The number of nitrogens with one attached hydrogen (secondary N) is 1. The summed E-state index contributed by atoms with van der Waals surface area (Å²) in [6.45, 7) is 4.11. The topological polar surface area (TPSA) is 60.2 Å². The van der Waals surface area contributed by atoms with Gasteiger partial charge in [0, 0.05) is 38.1 Å². The Kier molecular flexibility index (Phi) is 5.07. The largest absolute Gasteiger partial charge is 0.385 e. The maximum Gasteiger partial charge on any atom is 0.130 e. The fourth-order valence-electron chi connectivity index (χ4n) is 1.33. The fraction of sp³-hybridized carbons (Fsp3) is 0.545. The van der Waals surface area contributed by atoms with Gasteiger partial charge in [-0.15, -0.1) is 0 Å². The Morgan fingerprint density at radius 3 is 2.93 bits per heavy atom. The van der Waals surface area contributed by atoms with Crippen LogP contribution in [0.15, 0.2) is 12.1 Å². The average Bonchev–Trinajstić information content (AvgIpc) is 2.25. The van der Waals surface area contributed by atoms with Crippen molar-refractivity contribution in [3.8, 4) is 0 Å². The molecule has 0 saturated carbocycles. The van der Waals surface area contributed by atoms with Crippen LogP contribution >= 0.6 is 0 Å². The van der Waals surface area contributed by atoms with Crippen molar-refractivity contribution in [1.29, 1.82) is 0 Å². The number of anilines is 1. The summed E-state index contributed by atoms with van der Waals surface area (Å²) >= 11 is 0. The normalized spacial score (nSPS) is 10.3. The summed E-state index contributed by atoms with van der Waals surface area (Å²) in [4.78, 5) is 4.41. The maximum absolute atomic E-state index is 5.63. The second kappa shape index (κ2) is 6.37. The molecule has 1 rings (SSSR count). The molecule has 1 aromatic heterocycles. The molecular weight excluding hydrogens is 190 g/mol. The summed E-state index contributed by atoms with van der Waals surface area (Å²) in [5.74, 6) is 0.897. The first-order chi connectivity index (χ1) is 7.27. The third-order valence-electron chi connectivity index (χ3n) is 2.16. The molecule has 0 amide bonds. The molecule has 4 heteroatoms. The van der Waals surface area contributed by atoms with E-state index in [0.29, 0.717) is 6.54 Å². The molecule has 4 nitrogen and oxygen atoms in total. The van der Waals surface area contributed by atoms with E-state index in [-0.39, 0.29) is 0 Å². The Hall–Kier alpha value is -1.13. The van der Waals surface area contributed by atoms with E-state index in [9.17, 15) is 0 Å². The third kappa shape index (κ3) is 3.85. The molecule has 0 aliphatic heterocycles. The minimum atomic E-state index is 0.514. The van der Waals surface area contributed by atoms with E-state index in [4.69, 9.17) is 10.5 Å². The number of ether oxygens (including phenoxy) is 1. The second-order valence-electron chi connectivity index (χ2n) is 3.44. The Balaban J connectivity index is 2.54. The molecule has 15 heavy (non-hydrogen) atoms. The van der Waals surface area contributed by atoms with Crippen LogP contribution < -0.4 is 11.1 Å². The molecule has 1 heterocycles. The van der Waals surface area contributed by atoms with Crippen molar-refractivity contribution in [3.05, 3.63) is 23.4 Å². The van der Waals surface area contributed by atoms with Crippen molar-refractivity contribution in [2.45, 2.75) is 19.9 Å². The van der Waals surface area contributed by atoms with Gasteiger partial charge in [-0.05, 0) is 19.4 Å². The van der Waals surface area contributed by atoms with Gasteiger partial charge in [0.25, 0.3) is 0 Å². The monoisotopic (exact) mass is 209 g/mol. The molecule has 0 spiro atoms. The molecule has 84 valence electrons. The summed E-state index contributed by atoms with van der Waals surface area (Å²) in [6.07, 6.45) is 0.968. The number of methoxy groups -OCH3 is 1. The number of nitrogens with two attached hydrogens (primary N) is 1. The molecule has 0 unspecified atom stereocenters. The average molecular weight is 209 g/mol. The highest BCUT2D eigenvalue weighted by Gasteiger charge is 2.01. The first kappa shape index (κ1) is 11.9. The van der Waals surface area contributed by atoms with Gasteiger partial charge in [0.1, 0.15) is 5.82 Å². The Morgan fingerprint density at radius 1 is 1.47 bits per heavy atom. The van der Waals surface area contributed by atoms with Gasteiger partial charge >= 0.3 is 0 Å². The molecule has 3 N–H and O–H groups in total. The van der Waals surface area contributed by atoms with E-state index < -0.39 is 0 Å². The molecule has 0 aliphatic rings. The Bertz CT molecular complexity index is 302. The summed E-state index contributed by atoms with van der Waals surface area (Å²) in [5, 5.41) is 3.27. The van der Waals surface area contributed by atoms with E-state index in [0.717, 1.165) is 36.6 Å². The van der Waals surface area contributed by atoms with E-state index in [2.05, 4.69) is 10.3 Å². The summed E-state index contributed by atoms with van der Waals surface area (Å²) in [5.41, 5.74) is 7.68. The van der Waals surface area contributed by atoms with Gasteiger partial charge in [-0.3, -0.25) is 0 Å². The predicted molar refractivity (Wildman–Crippen MR) is 61.8 cm³/mol. The van der Waals surface area contributed by atoms with Crippen LogP contribution in [0, 0.1) is 6.92 Å². The Labute approximate surface area is 90.8 Å². The number of nitrogens with zero attached hydrogens (tertiary/aromatic N) is 1. The minimum absolute atomic E-state index is 0.514. The molecule has 0 aromatic carbocycles. The number of pyridine rings is 1. The minimum Gasteiger partial charge on any atom is -0.385 e. The van der Waals surface area contributed by atoms with Gasteiger partial charge in [-0.2, -0.15) is 0 Å². The van der Waals surface area contributed by atoms with Crippen molar-refractivity contribution < 1.29 is 4.74 Å². The zero-order valence-electron chi connectivity index (χ0n) is 9.42. The van der Waals surface area contributed by atoms with Gasteiger partial charge in [0.05, 0.1) is 0 Å². The van der Waals surface area contributed by atoms with Crippen LogP contribution in [0.2, 0.25) is 0 Å². The van der Waals surface area contributed by atoms with Crippen LogP contribution in [0.4, 0.5) is 5.82 Å². The second-order valence-corrected chi connectivity index (χ2v) is 3.44. The lowest BCUT2D eigenvalue weighted by Gasteiger charge is -2.10. The third-order valence-corrected chi connectivity index (χ3v) is 2.16. The smallest absolute Gasteiger partial charge is 0.130 e. The van der Waals surface area contributed by atoms with Crippen LogP contribution in [0.3, 0.4) is 0 Å². The van der Waals surface area contributed by atoms with Gasteiger partial charge in [0.15, 0.2) is 0 Å². The molecule has 0 fully saturated rings. The highest BCUT2D eigenvalue weighted by molar-refractivity contribution is 5.44. The van der Waals surface area contributed by atoms with Crippen molar-refractivity contribution >= 4 is 5.82 Å². The van der Waals surface area contributed by atoms with Gasteiger partial charge in [-0.1, -0.05) is 6.07 Å². The first-order valence-electron chi connectivity index (χ1n) is 5.17.